The van der Waals surface area contributed by atoms with Gasteiger partial charge < -0.3 is 0 Å². The van der Waals surface area contributed by atoms with Crippen LogP contribution in [0.1, 0.15) is 155 Å². The minimum atomic E-state index is 0.769. The largest absolute Gasteiger partial charge is 0.155 e. The Labute approximate surface area is 202 Å². The minimum absolute atomic E-state index is 0.769. The summed E-state index contributed by atoms with van der Waals surface area (Å²) in [7, 11) is 0. The minimum Gasteiger partial charge on any atom is -0.155 e. The first-order valence-electron chi connectivity index (χ1n) is 14.2. The standard InChI is InChI=1S/C30H58S/c1-5-9-11-13-15-17-19-21-23-27-29(25-7-3)31-30(26-8-4)28-24-22-20-18-16-14-12-10-6-2/h7-8,29-30H,3-6,9-28H2,1-2H3. The molecule has 0 aliphatic rings. The van der Waals surface area contributed by atoms with E-state index in [-0.39, 0.29) is 0 Å². The normalized spacial score (nSPS) is 13.2. The average molecular weight is 451 g/mol. The Bertz CT molecular complexity index is 327. The van der Waals surface area contributed by atoms with Crippen LogP contribution in [0.25, 0.3) is 0 Å². The van der Waals surface area contributed by atoms with Crippen LogP contribution in [-0.2, 0) is 0 Å². The second-order valence-electron chi connectivity index (χ2n) is 9.66. The first-order valence-corrected chi connectivity index (χ1v) is 15.1. The van der Waals surface area contributed by atoms with E-state index in [0.717, 1.165) is 10.5 Å². The topological polar surface area (TPSA) is 0 Å². The molecule has 0 aromatic carbocycles. The maximum absolute atomic E-state index is 4.04. The highest BCUT2D eigenvalue weighted by atomic mass is 32.2. The summed E-state index contributed by atoms with van der Waals surface area (Å²) in [5, 5.41) is 1.54. The van der Waals surface area contributed by atoms with Crippen molar-refractivity contribution in [3.63, 3.8) is 0 Å². The van der Waals surface area contributed by atoms with E-state index in [1.807, 2.05) is 0 Å². The molecule has 0 nitrogen and oxygen atoms in total. The Balaban J connectivity index is 3.91. The highest BCUT2D eigenvalue weighted by Crippen LogP contribution is 2.31. The lowest BCUT2D eigenvalue weighted by Gasteiger charge is -2.22. The van der Waals surface area contributed by atoms with E-state index in [0.29, 0.717) is 0 Å². The molecule has 0 N–H and O–H groups in total. The van der Waals surface area contributed by atoms with E-state index in [1.165, 1.54) is 141 Å². The molecule has 0 aromatic heterocycles. The molecule has 0 aromatic rings. The highest BCUT2D eigenvalue weighted by Gasteiger charge is 2.15. The molecule has 0 rings (SSSR count). The Morgan fingerprint density at radius 3 is 1.06 bits per heavy atom. The van der Waals surface area contributed by atoms with Crippen molar-refractivity contribution in [3.05, 3.63) is 25.3 Å². The lowest BCUT2D eigenvalue weighted by Crippen LogP contribution is -2.11. The van der Waals surface area contributed by atoms with Crippen molar-refractivity contribution >= 4 is 11.8 Å². The number of unbranched alkanes of at least 4 members (excludes halogenated alkanes) is 16. The molecule has 1 heteroatoms. The van der Waals surface area contributed by atoms with E-state index in [1.54, 1.807) is 0 Å². The van der Waals surface area contributed by atoms with E-state index in [2.05, 4.69) is 50.9 Å². The molecule has 2 atom stereocenters. The van der Waals surface area contributed by atoms with Crippen LogP contribution in [0.5, 0.6) is 0 Å². The molecule has 2 unspecified atom stereocenters. The number of thioether (sulfide) groups is 1. The van der Waals surface area contributed by atoms with Gasteiger partial charge in [-0.25, -0.2) is 0 Å². The van der Waals surface area contributed by atoms with Gasteiger partial charge >= 0.3 is 0 Å². The van der Waals surface area contributed by atoms with Gasteiger partial charge in [-0.3, -0.25) is 0 Å². The summed E-state index contributed by atoms with van der Waals surface area (Å²) in [5.74, 6) is 0. The van der Waals surface area contributed by atoms with E-state index >= 15 is 0 Å². The molecule has 0 aliphatic carbocycles. The maximum atomic E-state index is 4.04. The molecule has 0 radical (unpaired) electrons. The molecular formula is C30H58S. The number of hydrogen-bond donors (Lipinski definition) is 0. The van der Waals surface area contributed by atoms with Gasteiger partial charge in [0.2, 0.25) is 0 Å². The zero-order chi connectivity index (χ0) is 22.8. The summed E-state index contributed by atoms with van der Waals surface area (Å²) in [6, 6.07) is 0. The van der Waals surface area contributed by atoms with Gasteiger partial charge in [-0.2, -0.15) is 11.8 Å². The molecule has 0 fully saturated rings. The van der Waals surface area contributed by atoms with Gasteiger partial charge in [0, 0.05) is 10.5 Å². The van der Waals surface area contributed by atoms with E-state index in [4.69, 9.17) is 0 Å². The molecule has 0 heterocycles. The van der Waals surface area contributed by atoms with Gasteiger partial charge in [-0.1, -0.05) is 142 Å². The van der Waals surface area contributed by atoms with Crippen LogP contribution in [0.15, 0.2) is 25.3 Å². The molecular weight excluding hydrogens is 392 g/mol. The van der Waals surface area contributed by atoms with E-state index in [9.17, 15) is 0 Å². The highest BCUT2D eigenvalue weighted by molar-refractivity contribution is 8.00. The van der Waals surface area contributed by atoms with Crippen molar-refractivity contribution < 1.29 is 0 Å². The van der Waals surface area contributed by atoms with Crippen LogP contribution in [-0.4, -0.2) is 10.5 Å². The van der Waals surface area contributed by atoms with Crippen molar-refractivity contribution in [2.75, 3.05) is 0 Å². The van der Waals surface area contributed by atoms with Crippen LogP contribution in [0.4, 0.5) is 0 Å². The zero-order valence-electron chi connectivity index (χ0n) is 21.7. The van der Waals surface area contributed by atoms with Gasteiger partial charge in [0.05, 0.1) is 0 Å². The molecule has 0 amide bonds. The van der Waals surface area contributed by atoms with Crippen LogP contribution in [0.2, 0.25) is 0 Å². The fourth-order valence-electron chi connectivity index (χ4n) is 4.49. The third-order valence-corrected chi connectivity index (χ3v) is 8.13. The molecule has 0 spiro atoms. The van der Waals surface area contributed by atoms with Crippen molar-refractivity contribution in [1.29, 1.82) is 0 Å². The van der Waals surface area contributed by atoms with Gasteiger partial charge in [0.25, 0.3) is 0 Å². The van der Waals surface area contributed by atoms with Gasteiger partial charge in [0.15, 0.2) is 0 Å². The smallest absolute Gasteiger partial charge is 0.00843 e. The summed E-state index contributed by atoms with van der Waals surface area (Å²) < 4.78 is 0. The molecule has 0 aliphatic heterocycles. The van der Waals surface area contributed by atoms with Crippen LogP contribution >= 0.6 is 11.8 Å². The first kappa shape index (κ1) is 30.8. The average Bonchev–Trinajstić information content (AvgIpc) is 2.77. The monoisotopic (exact) mass is 450 g/mol. The van der Waals surface area contributed by atoms with Gasteiger partial charge in [-0.15, -0.1) is 13.2 Å². The van der Waals surface area contributed by atoms with Crippen LogP contribution in [0.3, 0.4) is 0 Å². The fourth-order valence-corrected chi connectivity index (χ4v) is 6.14. The number of rotatable bonds is 26. The third-order valence-electron chi connectivity index (χ3n) is 6.50. The Kier molecular flexibility index (Phi) is 25.9. The lowest BCUT2D eigenvalue weighted by atomic mass is 10.0. The summed E-state index contributed by atoms with van der Waals surface area (Å²) in [4.78, 5) is 0. The van der Waals surface area contributed by atoms with E-state index < -0.39 is 0 Å². The molecule has 31 heavy (non-hydrogen) atoms. The van der Waals surface area contributed by atoms with Gasteiger partial charge in [0.1, 0.15) is 0 Å². The second kappa shape index (κ2) is 26.1. The predicted molar refractivity (Wildman–Crippen MR) is 148 cm³/mol. The molecule has 0 saturated carbocycles. The molecule has 0 saturated heterocycles. The molecule has 0 bridgehead atoms. The summed E-state index contributed by atoms with van der Waals surface area (Å²) in [5.41, 5.74) is 0. The van der Waals surface area contributed by atoms with Crippen LogP contribution < -0.4 is 0 Å². The fraction of sp³-hybridized carbons (Fsp3) is 0.867. The quantitative estimate of drug-likeness (QED) is 0.0932. The summed E-state index contributed by atoms with van der Waals surface area (Å²) >= 11 is 2.25. The van der Waals surface area contributed by atoms with Crippen molar-refractivity contribution in [2.24, 2.45) is 0 Å². The van der Waals surface area contributed by atoms with Crippen molar-refractivity contribution in [2.45, 2.75) is 166 Å². The van der Waals surface area contributed by atoms with Gasteiger partial charge in [-0.05, 0) is 25.7 Å². The Morgan fingerprint density at radius 1 is 0.484 bits per heavy atom. The second-order valence-corrected chi connectivity index (χ2v) is 11.3. The Hall–Kier alpha value is -0.170. The summed E-state index contributed by atoms with van der Waals surface area (Å²) in [6.45, 7) is 12.7. The van der Waals surface area contributed by atoms with Crippen molar-refractivity contribution in [1.82, 2.24) is 0 Å². The third kappa shape index (κ3) is 22.8. The lowest BCUT2D eigenvalue weighted by molar-refractivity contribution is 0.548. The predicted octanol–water partition coefficient (Wildman–Crippen LogP) is 11.5. The maximum Gasteiger partial charge on any atom is 0.00843 e. The number of hydrogen-bond acceptors (Lipinski definition) is 1. The number of allylic oxidation sites excluding steroid dienone is 2. The SMILES string of the molecule is C=CCC(CCCCCCCCCCC)SC(CC=C)CCCCCCCCCCC. The van der Waals surface area contributed by atoms with Crippen LogP contribution in [0, 0.1) is 0 Å². The molecule has 184 valence electrons. The Morgan fingerprint density at radius 2 is 0.774 bits per heavy atom. The summed E-state index contributed by atoms with van der Waals surface area (Å²) in [6.07, 6.45) is 35.0. The zero-order valence-corrected chi connectivity index (χ0v) is 22.5. The van der Waals surface area contributed by atoms with Crippen molar-refractivity contribution in [3.8, 4) is 0 Å². The first-order chi connectivity index (χ1) is 15.3.